The Morgan fingerprint density at radius 2 is 1.85 bits per heavy atom. The van der Waals surface area contributed by atoms with Crippen molar-refractivity contribution in [2.24, 2.45) is 0 Å². The Balaban J connectivity index is 1.93. The highest BCUT2D eigenvalue weighted by Crippen LogP contribution is 2.45. The van der Waals surface area contributed by atoms with Crippen LogP contribution in [-0.4, -0.2) is 26.8 Å². The molecule has 1 aliphatic heterocycles. The summed E-state index contributed by atoms with van der Waals surface area (Å²) >= 11 is 1.58. The Labute approximate surface area is 199 Å². The predicted molar refractivity (Wildman–Crippen MR) is 133 cm³/mol. The van der Waals surface area contributed by atoms with E-state index in [2.05, 4.69) is 49.2 Å². The Hall–Kier alpha value is -2.93. The minimum absolute atomic E-state index is 0.107. The lowest BCUT2D eigenvalue weighted by Gasteiger charge is -2.31. The summed E-state index contributed by atoms with van der Waals surface area (Å²) in [5.74, 6) is 1.22. The van der Waals surface area contributed by atoms with Gasteiger partial charge in [0, 0.05) is 23.8 Å². The molecule has 0 aliphatic carbocycles. The SMILES string of the molecule is CCCCSc1nnc2c(n1)O[C@H](c1ccc(C)c(C)c1)N(C(C)=O)c1c(C)cc(C)cc1-2. The van der Waals surface area contributed by atoms with E-state index in [1.165, 1.54) is 5.56 Å². The summed E-state index contributed by atoms with van der Waals surface area (Å²) in [5, 5.41) is 9.50. The summed E-state index contributed by atoms with van der Waals surface area (Å²) in [6.45, 7) is 11.9. The number of thioether (sulfide) groups is 1. The zero-order valence-corrected chi connectivity index (χ0v) is 20.9. The maximum Gasteiger partial charge on any atom is 0.247 e. The summed E-state index contributed by atoms with van der Waals surface area (Å²) in [7, 11) is 0. The molecule has 3 aromatic rings. The van der Waals surface area contributed by atoms with Crippen LogP contribution in [0.4, 0.5) is 5.69 Å². The van der Waals surface area contributed by atoms with Crippen molar-refractivity contribution in [1.29, 1.82) is 0 Å². The monoisotopic (exact) mass is 462 g/mol. The van der Waals surface area contributed by atoms with Crippen molar-refractivity contribution in [3.63, 3.8) is 0 Å². The minimum Gasteiger partial charge on any atom is -0.447 e. The van der Waals surface area contributed by atoms with Crippen molar-refractivity contribution >= 4 is 23.4 Å². The van der Waals surface area contributed by atoms with Gasteiger partial charge < -0.3 is 4.74 Å². The van der Waals surface area contributed by atoms with Crippen molar-refractivity contribution in [3.8, 4) is 17.1 Å². The van der Waals surface area contributed by atoms with E-state index < -0.39 is 6.23 Å². The Kier molecular flexibility index (Phi) is 6.70. The molecule has 0 spiro atoms. The van der Waals surface area contributed by atoms with E-state index in [9.17, 15) is 4.79 Å². The number of amides is 1. The van der Waals surface area contributed by atoms with Gasteiger partial charge in [-0.25, -0.2) is 0 Å². The molecule has 4 rings (SSSR count). The van der Waals surface area contributed by atoms with Crippen LogP contribution in [0, 0.1) is 27.7 Å². The van der Waals surface area contributed by atoms with Gasteiger partial charge in [0.15, 0.2) is 5.69 Å². The third kappa shape index (κ3) is 4.60. The second kappa shape index (κ2) is 9.51. The molecule has 172 valence electrons. The Morgan fingerprint density at radius 1 is 1.06 bits per heavy atom. The first-order chi connectivity index (χ1) is 15.8. The average molecular weight is 463 g/mol. The van der Waals surface area contributed by atoms with E-state index in [-0.39, 0.29) is 5.91 Å². The molecule has 0 saturated heterocycles. The van der Waals surface area contributed by atoms with Crippen molar-refractivity contribution in [2.75, 3.05) is 10.7 Å². The predicted octanol–water partition coefficient (Wildman–Crippen LogP) is 6.11. The van der Waals surface area contributed by atoms with Gasteiger partial charge >= 0.3 is 0 Å². The van der Waals surface area contributed by atoms with Gasteiger partial charge in [0.1, 0.15) is 0 Å². The number of hydrogen-bond acceptors (Lipinski definition) is 6. The van der Waals surface area contributed by atoms with E-state index in [1.807, 2.05) is 26.0 Å². The Bertz CT molecular complexity index is 1210. The van der Waals surface area contributed by atoms with Gasteiger partial charge in [-0.1, -0.05) is 54.9 Å². The molecule has 1 aromatic heterocycles. The smallest absolute Gasteiger partial charge is 0.247 e. The van der Waals surface area contributed by atoms with Crippen molar-refractivity contribution in [1.82, 2.24) is 15.2 Å². The first-order valence-electron chi connectivity index (χ1n) is 11.3. The maximum absolute atomic E-state index is 13.1. The highest BCUT2D eigenvalue weighted by molar-refractivity contribution is 7.99. The molecule has 33 heavy (non-hydrogen) atoms. The summed E-state index contributed by atoms with van der Waals surface area (Å²) in [5.41, 5.74) is 7.45. The fourth-order valence-corrected chi connectivity index (χ4v) is 4.97. The van der Waals surface area contributed by atoms with Crippen LogP contribution in [0.3, 0.4) is 0 Å². The van der Waals surface area contributed by atoms with E-state index in [0.29, 0.717) is 16.7 Å². The molecule has 0 N–H and O–H groups in total. The third-order valence-corrected chi connectivity index (χ3v) is 6.84. The zero-order valence-electron chi connectivity index (χ0n) is 20.1. The molecule has 0 bridgehead atoms. The standard InChI is InChI=1S/C26H30N4O2S/c1-7-8-11-33-26-27-24-22(28-29-26)21-13-15(2)12-18(5)23(21)30(19(6)31)25(32-24)20-10-9-16(3)17(4)14-20/h9-10,12-14,25H,7-8,11H2,1-6H3/t25-/m1/s1. The molecule has 1 amide bonds. The lowest BCUT2D eigenvalue weighted by molar-refractivity contribution is -0.118. The van der Waals surface area contributed by atoms with Crippen molar-refractivity contribution in [3.05, 3.63) is 58.1 Å². The normalized spacial score (nSPS) is 14.8. The minimum atomic E-state index is -0.659. The van der Waals surface area contributed by atoms with Crippen LogP contribution in [0.1, 0.15) is 60.7 Å². The van der Waals surface area contributed by atoms with E-state index in [4.69, 9.17) is 9.72 Å². The van der Waals surface area contributed by atoms with Gasteiger partial charge in [0.25, 0.3) is 0 Å². The first kappa shape index (κ1) is 23.2. The number of unbranched alkanes of at least 4 members (excludes halogenated alkanes) is 1. The van der Waals surface area contributed by atoms with Gasteiger partial charge in [-0.3, -0.25) is 9.69 Å². The lowest BCUT2D eigenvalue weighted by Crippen LogP contribution is -2.36. The molecule has 0 fully saturated rings. The van der Waals surface area contributed by atoms with Crippen LogP contribution in [-0.2, 0) is 4.79 Å². The topological polar surface area (TPSA) is 68.2 Å². The number of ether oxygens (including phenoxy) is 1. The maximum atomic E-state index is 13.1. The Morgan fingerprint density at radius 3 is 2.55 bits per heavy atom. The summed E-state index contributed by atoms with van der Waals surface area (Å²) in [6, 6.07) is 10.3. The van der Waals surface area contributed by atoms with Gasteiger partial charge in [0.2, 0.25) is 23.2 Å². The van der Waals surface area contributed by atoms with Crippen LogP contribution in [0.5, 0.6) is 5.88 Å². The first-order valence-corrected chi connectivity index (χ1v) is 12.3. The zero-order chi connectivity index (χ0) is 23.7. The van der Waals surface area contributed by atoms with Crippen molar-refractivity contribution in [2.45, 2.75) is 65.8 Å². The van der Waals surface area contributed by atoms with Gasteiger partial charge in [-0.05, 0) is 56.9 Å². The molecule has 0 saturated carbocycles. The number of benzene rings is 2. The summed E-state index contributed by atoms with van der Waals surface area (Å²) in [6.07, 6.45) is 1.53. The number of carbonyl (C=O) groups excluding carboxylic acids is 1. The fraction of sp³-hybridized carbons (Fsp3) is 0.385. The van der Waals surface area contributed by atoms with Crippen LogP contribution in [0.2, 0.25) is 0 Å². The summed E-state index contributed by atoms with van der Waals surface area (Å²) in [4.78, 5) is 19.5. The summed E-state index contributed by atoms with van der Waals surface area (Å²) < 4.78 is 6.51. The number of anilines is 1. The number of hydrogen-bond donors (Lipinski definition) is 0. The van der Waals surface area contributed by atoms with Gasteiger partial charge in [-0.2, -0.15) is 4.98 Å². The molecule has 6 nitrogen and oxygen atoms in total. The number of rotatable bonds is 5. The molecule has 7 heteroatoms. The number of aromatic nitrogens is 3. The molecule has 2 aromatic carbocycles. The molecule has 0 unspecified atom stereocenters. The number of aryl methyl sites for hydroxylation is 4. The van der Waals surface area contributed by atoms with Crippen LogP contribution < -0.4 is 9.64 Å². The quantitative estimate of drug-likeness (QED) is 0.337. The van der Waals surface area contributed by atoms with Gasteiger partial charge in [0.05, 0.1) is 5.69 Å². The molecule has 1 atom stereocenters. The van der Waals surface area contributed by atoms with Crippen LogP contribution in [0.25, 0.3) is 11.3 Å². The molecule has 2 heterocycles. The van der Waals surface area contributed by atoms with Gasteiger partial charge in [-0.15, -0.1) is 10.2 Å². The second-order valence-electron chi connectivity index (χ2n) is 8.63. The molecule has 1 aliphatic rings. The number of nitrogens with zero attached hydrogens (tertiary/aromatic N) is 4. The third-order valence-electron chi connectivity index (χ3n) is 5.92. The van der Waals surface area contributed by atoms with Crippen LogP contribution in [0.15, 0.2) is 35.5 Å². The van der Waals surface area contributed by atoms with E-state index >= 15 is 0 Å². The highest BCUT2D eigenvalue weighted by atomic mass is 32.2. The van der Waals surface area contributed by atoms with E-state index in [0.717, 1.165) is 52.1 Å². The highest BCUT2D eigenvalue weighted by Gasteiger charge is 2.36. The lowest BCUT2D eigenvalue weighted by atomic mass is 9.99. The molecular formula is C26H30N4O2S. The largest absolute Gasteiger partial charge is 0.447 e. The number of fused-ring (bicyclic) bond motifs is 3. The van der Waals surface area contributed by atoms with Crippen molar-refractivity contribution < 1.29 is 9.53 Å². The average Bonchev–Trinajstić information content (AvgIpc) is 2.90. The fourth-order valence-electron chi connectivity index (χ4n) is 4.11. The molecular weight excluding hydrogens is 432 g/mol. The van der Waals surface area contributed by atoms with E-state index in [1.54, 1.807) is 23.6 Å². The molecule has 0 radical (unpaired) electrons. The number of carbonyl (C=O) groups is 1. The van der Waals surface area contributed by atoms with Crippen LogP contribution >= 0.6 is 11.8 Å². The second-order valence-corrected chi connectivity index (χ2v) is 9.69.